The monoisotopic (exact) mass is 288 g/mol. The van der Waals surface area contributed by atoms with Crippen LogP contribution in [-0.4, -0.2) is 24.5 Å². The molecule has 16 heavy (non-hydrogen) atoms. The smallest absolute Gasteiger partial charge is 0.142 e. The highest BCUT2D eigenvalue weighted by molar-refractivity contribution is 9.10. The van der Waals surface area contributed by atoms with Crippen molar-refractivity contribution in [3.63, 3.8) is 0 Å². The van der Waals surface area contributed by atoms with Crippen molar-refractivity contribution < 1.29 is 4.39 Å². The van der Waals surface area contributed by atoms with Crippen LogP contribution >= 0.6 is 15.9 Å². The summed E-state index contributed by atoms with van der Waals surface area (Å²) < 4.78 is 14.4. The van der Waals surface area contributed by atoms with Gasteiger partial charge in [0.15, 0.2) is 0 Å². The molecule has 1 rings (SSSR count). The Kier molecular flexibility index (Phi) is 4.10. The lowest BCUT2D eigenvalue weighted by Crippen LogP contribution is -2.47. The topological polar surface area (TPSA) is 29.3 Å². The number of rotatable bonds is 3. The van der Waals surface area contributed by atoms with Crippen LogP contribution in [-0.2, 0) is 0 Å². The summed E-state index contributed by atoms with van der Waals surface area (Å²) in [7, 11) is 3.88. The van der Waals surface area contributed by atoms with Crippen molar-refractivity contribution in [1.82, 2.24) is 4.90 Å². The van der Waals surface area contributed by atoms with Gasteiger partial charge in [-0.1, -0.05) is 12.1 Å². The summed E-state index contributed by atoms with van der Waals surface area (Å²) in [6.07, 6.45) is 0. The quantitative estimate of drug-likeness (QED) is 0.927. The molecule has 0 saturated heterocycles. The predicted octanol–water partition coefficient (Wildman–Crippen LogP) is 2.93. The van der Waals surface area contributed by atoms with Gasteiger partial charge in [-0.15, -0.1) is 0 Å². The van der Waals surface area contributed by atoms with Crippen molar-refractivity contribution in [2.24, 2.45) is 5.73 Å². The second-order valence-electron chi connectivity index (χ2n) is 4.67. The maximum absolute atomic E-state index is 13.9. The zero-order chi connectivity index (χ0) is 12.5. The van der Waals surface area contributed by atoms with Crippen molar-refractivity contribution in [3.05, 3.63) is 34.1 Å². The van der Waals surface area contributed by atoms with Gasteiger partial charge in [-0.25, -0.2) is 4.39 Å². The molecule has 2 N–H and O–H groups in total. The van der Waals surface area contributed by atoms with E-state index in [0.29, 0.717) is 10.0 Å². The van der Waals surface area contributed by atoms with E-state index in [0.717, 1.165) is 0 Å². The van der Waals surface area contributed by atoms with Crippen LogP contribution in [0.2, 0.25) is 0 Å². The first-order valence-corrected chi connectivity index (χ1v) is 5.94. The van der Waals surface area contributed by atoms with E-state index in [9.17, 15) is 4.39 Å². The fourth-order valence-corrected chi connectivity index (χ4v) is 1.80. The summed E-state index contributed by atoms with van der Waals surface area (Å²) in [4.78, 5) is 2.00. The van der Waals surface area contributed by atoms with E-state index in [1.807, 2.05) is 32.8 Å². The summed E-state index contributed by atoms with van der Waals surface area (Å²) in [6.45, 7) is 4.00. The van der Waals surface area contributed by atoms with E-state index in [1.54, 1.807) is 18.2 Å². The molecule has 90 valence electrons. The lowest BCUT2D eigenvalue weighted by atomic mass is 9.88. The van der Waals surface area contributed by atoms with Crippen LogP contribution < -0.4 is 5.73 Å². The van der Waals surface area contributed by atoms with Crippen molar-refractivity contribution in [1.29, 1.82) is 0 Å². The summed E-state index contributed by atoms with van der Waals surface area (Å²) in [5, 5.41) is 0. The Morgan fingerprint density at radius 1 is 1.38 bits per heavy atom. The number of nitrogens with two attached hydrogens (primary N) is 1. The van der Waals surface area contributed by atoms with E-state index in [4.69, 9.17) is 5.73 Å². The molecule has 0 spiro atoms. The average Bonchev–Trinajstić information content (AvgIpc) is 2.21. The molecular formula is C12H18BrFN2. The fraction of sp³-hybridized carbons (Fsp3) is 0.500. The second-order valence-corrected chi connectivity index (χ2v) is 5.52. The molecule has 1 aromatic carbocycles. The number of halogens is 2. The zero-order valence-electron chi connectivity index (χ0n) is 10.1. The molecule has 4 heteroatoms. The molecule has 1 aromatic rings. The maximum atomic E-state index is 13.9. The minimum Gasteiger partial charge on any atom is -0.322 e. The molecular weight excluding hydrogens is 271 g/mol. The number of nitrogens with zero attached hydrogens (tertiary/aromatic N) is 1. The molecule has 0 amide bonds. The summed E-state index contributed by atoms with van der Waals surface area (Å²) in [5.74, 6) is -0.273. The highest BCUT2D eigenvalue weighted by Crippen LogP contribution is 2.31. The Morgan fingerprint density at radius 2 is 1.94 bits per heavy atom. The molecule has 0 aromatic heterocycles. The van der Waals surface area contributed by atoms with Gasteiger partial charge >= 0.3 is 0 Å². The summed E-state index contributed by atoms with van der Waals surface area (Å²) in [5.41, 5.74) is 6.37. The first-order chi connectivity index (χ1) is 7.28. The zero-order valence-corrected chi connectivity index (χ0v) is 11.7. The lowest BCUT2D eigenvalue weighted by Gasteiger charge is -2.38. The number of hydrogen-bond donors (Lipinski definition) is 1. The molecule has 0 aliphatic carbocycles. The minimum atomic E-state index is -0.375. The SMILES string of the molecule is CN(C)C(C)(C)C(N)c1cccc(Br)c1F. The molecule has 1 atom stereocenters. The van der Waals surface area contributed by atoms with Crippen LogP contribution in [0, 0.1) is 5.82 Å². The molecule has 2 nitrogen and oxygen atoms in total. The molecule has 0 saturated carbocycles. The summed E-state index contributed by atoms with van der Waals surface area (Å²) in [6, 6.07) is 4.83. The third kappa shape index (κ3) is 2.44. The Labute approximate surface area is 105 Å². The van der Waals surface area contributed by atoms with E-state index >= 15 is 0 Å². The van der Waals surface area contributed by atoms with E-state index in [2.05, 4.69) is 15.9 Å². The Balaban J connectivity index is 3.15. The molecule has 0 aliphatic rings. The van der Waals surface area contributed by atoms with Gasteiger partial charge in [-0.05, 0) is 49.9 Å². The first-order valence-electron chi connectivity index (χ1n) is 5.15. The van der Waals surface area contributed by atoms with Gasteiger partial charge < -0.3 is 10.6 Å². The first kappa shape index (κ1) is 13.6. The number of hydrogen-bond acceptors (Lipinski definition) is 2. The maximum Gasteiger partial charge on any atom is 0.142 e. The fourth-order valence-electron chi connectivity index (χ4n) is 1.42. The molecule has 0 radical (unpaired) electrons. The Bertz CT molecular complexity index is 377. The largest absolute Gasteiger partial charge is 0.322 e. The highest BCUT2D eigenvalue weighted by atomic mass is 79.9. The van der Waals surface area contributed by atoms with Gasteiger partial charge in [0, 0.05) is 11.1 Å². The van der Waals surface area contributed by atoms with E-state index in [-0.39, 0.29) is 17.4 Å². The predicted molar refractivity (Wildman–Crippen MR) is 68.8 cm³/mol. The van der Waals surface area contributed by atoms with Crippen molar-refractivity contribution in [2.75, 3.05) is 14.1 Å². The standard InChI is InChI=1S/C12H18BrFN2/c1-12(2,16(3)4)11(15)8-6-5-7-9(13)10(8)14/h5-7,11H,15H2,1-4H3. The van der Waals surface area contributed by atoms with Crippen LogP contribution in [0.3, 0.4) is 0 Å². The average molecular weight is 289 g/mol. The molecule has 0 bridgehead atoms. The van der Waals surface area contributed by atoms with E-state index < -0.39 is 0 Å². The van der Waals surface area contributed by atoms with Gasteiger partial charge in [0.2, 0.25) is 0 Å². The van der Waals surface area contributed by atoms with Crippen LogP contribution in [0.5, 0.6) is 0 Å². The van der Waals surface area contributed by atoms with Crippen LogP contribution in [0.25, 0.3) is 0 Å². The van der Waals surface area contributed by atoms with E-state index in [1.165, 1.54) is 0 Å². The molecule has 0 fully saturated rings. The van der Waals surface area contributed by atoms with Crippen LogP contribution in [0.15, 0.2) is 22.7 Å². The Hall–Kier alpha value is -0.450. The van der Waals surface area contributed by atoms with Gasteiger partial charge in [-0.3, -0.25) is 0 Å². The number of likely N-dealkylation sites (N-methyl/N-ethyl adjacent to an activating group) is 1. The van der Waals surface area contributed by atoms with Gasteiger partial charge in [0.05, 0.1) is 10.5 Å². The van der Waals surface area contributed by atoms with Gasteiger partial charge in [0.1, 0.15) is 5.82 Å². The Morgan fingerprint density at radius 3 is 2.44 bits per heavy atom. The summed E-state index contributed by atoms with van der Waals surface area (Å²) >= 11 is 3.17. The van der Waals surface area contributed by atoms with Gasteiger partial charge in [-0.2, -0.15) is 0 Å². The van der Waals surface area contributed by atoms with Crippen molar-refractivity contribution in [2.45, 2.75) is 25.4 Å². The molecule has 0 heterocycles. The van der Waals surface area contributed by atoms with Crippen molar-refractivity contribution in [3.8, 4) is 0 Å². The highest BCUT2D eigenvalue weighted by Gasteiger charge is 2.31. The van der Waals surface area contributed by atoms with Crippen molar-refractivity contribution >= 4 is 15.9 Å². The molecule has 1 unspecified atom stereocenters. The molecule has 0 aliphatic heterocycles. The van der Waals surface area contributed by atoms with Gasteiger partial charge in [0.25, 0.3) is 0 Å². The third-order valence-electron chi connectivity index (χ3n) is 3.23. The minimum absolute atomic E-state index is 0.273. The third-order valence-corrected chi connectivity index (χ3v) is 3.84. The second kappa shape index (κ2) is 4.82. The number of benzene rings is 1. The lowest BCUT2D eigenvalue weighted by molar-refractivity contribution is 0.157. The van der Waals surface area contributed by atoms with Crippen LogP contribution in [0.4, 0.5) is 4.39 Å². The normalized spacial score (nSPS) is 14.2. The van der Waals surface area contributed by atoms with Crippen LogP contribution in [0.1, 0.15) is 25.5 Å².